The third-order valence-corrected chi connectivity index (χ3v) is 12.7. The molecule has 0 radical (unpaired) electrons. The zero-order valence-corrected chi connectivity index (χ0v) is 34.6. The normalized spacial score (nSPS) is 17.2. The van der Waals surface area contributed by atoms with Crippen molar-refractivity contribution in [3.8, 4) is 0 Å². The summed E-state index contributed by atoms with van der Waals surface area (Å²) in [6, 6.07) is 47.0. The Morgan fingerprint density at radius 1 is 0.500 bits per heavy atom. The molecule has 60 heavy (non-hydrogen) atoms. The van der Waals surface area contributed by atoms with Crippen LogP contribution in [-0.4, -0.2) is 49.0 Å². The molecule has 2 aromatic heterocycles. The highest BCUT2D eigenvalue weighted by atomic mass is 32.1. The molecule has 2 amide bonds. The molecule has 10 rings (SSSR count). The molecule has 0 spiro atoms. The molecule has 1 saturated carbocycles. The predicted octanol–water partition coefficient (Wildman–Crippen LogP) is 9.64. The number of allylic oxidation sites excluding steroid dienone is 5. The van der Waals surface area contributed by atoms with Crippen LogP contribution in [0.5, 0.6) is 0 Å². The number of thiocarbonyl (C=S) groups is 1. The van der Waals surface area contributed by atoms with E-state index in [1.807, 2.05) is 26.0 Å². The molecule has 1 aliphatic heterocycles. The molecule has 1 saturated heterocycles. The molecule has 2 fully saturated rings. The van der Waals surface area contributed by atoms with Gasteiger partial charge in [-0.25, -0.2) is 0 Å². The largest absolute Gasteiger partial charge is 0.336 e. The van der Waals surface area contributed by atoms with E-state index < -0.39 is 0 Å². The van der Waals surface area contributed by atoms with Gasteiger partial charge in [0, 0.05) is 58.4 Å². The summed E-state index contributed by atoms with van der Waals surface area (Å²) < 4.78 is 4.78. The summed E-state index contributed by atoms with van der Waals surface area (Å²) >= 11 is 5.73. The van der Waals surface area contributed by atoms with E-state index in [4.69, 9.17) is 12.2 Å². The number of aromatic nitrogens is 2. The number of nitrogens with zero attached hydrogens (tertiary/aromatic N) is 4. The maximum atomic E-state index is 14.5. The summed E-state index contributed by atoms with van der Waals surface area (Å²) in [5, 5.41) is 9.62. The molecule has 8 aromatic rings. The van der Waals surface area contributed by atoms with Crippen molar-refractivity contribution in [2.75, 3.05) is 13.1 Å². The number of amides is 2. The number of benzene rings is 6. The van der Waals surface area contributed by atoms with Gasteiger partial charge in [-0.2, -0.15) is 0 Å². The van der Waals surface area contributed by atoms with Gasteiger partial charge in [-0.3, -0.25) is 19.4 Å². The highest BCUT2D eigenvalue weighted by Crippen LogP contribution is 2.40. The summed E-state index contributed by atoms with van der Waals surface area (Å²) in [5.41, 5.74) is 7.59. The van der Waals surface area contributed by atoms with Gasteiger partial charge in [0.15, 0.2) is 5.11 Å². The van der Waals surface area contributed by atoms with Gasteiger partial charge in [0.2, 0.25) is 0 Å². The van der Waals surface area contributed by atoms with Gasteiger partial charge in [-0.05, 0) is 102 Å². The van der Waals surface area contributed by atoms with Gasteiger partial charge < -0.3 is 9.13 Å². The fraction of sp³-hybridized carbons (Fsp3) is 0.151. The van der Waals surface area contributed by atoms with Crippen LogP contribution in [0.1, 0.15) is 37.8 Å². The first kappa shape index (κ1) is 37.4. The van der Waals surface area contributed by atoms with E-state index in [-0.39, 0.29) is 22.5 Å². The Balaban J connectivity index is 1.21. The van der Waals surface area contributed by atoms with Crippen LogP contribution >= 0.6 is 12.2 Å². The SMILES string of the molecule is CCN1C(=O)C(=C2/C(=C\C=c3\c4cccc5cccc(c54)n3Cc3ccccc3)CC/C2=C/C=c2/c3cccc4cccc(c43)n2Cc2ccccc2)C(=O)N(CC)C1=S. The van der Waals surface area contributed by atoms with E-state index in [1.54, 1.807) is 9.80 Å². The Kier molecular flexibility index (Phi) is 9.61. The Morgan fingerprint density at radius 3 is 1.33 bits per heavy atom. The molecule has 1 aliphatic carbocycles. The monoisotopic (exact) mass is 800 g/mol. The van der Waals surface area contributed by atoms with E-state index in [2.05, 4.69) is 155 Å². The van der Waals surface area contributed by atoms with Crippen molar-refractivity contribution < 1.29 is 9.59 Å². The summed E-state index contributed by atoms with van der Waals surface area (Å²) in [4.78, 5) is 32.2. The van der Waals surface area contributed by atoms with Crippen LogP contribution in [-0.2, 0) is 22.7 Å². The smallest absolute Gasteiger partial charge is 0.266 e. The molecule has 0 atom stereocenters. The van der Waals surface area contributed by atoms with Gasteiger partial charge in [-0.15, -0.1) is 0 Å². The fourth-order valence-corrected chi connectivity index (χ4v) is 9.92. The second kappa shape index (κ2) is 15.4. The average Bonchev–Trinajstić information content (AvgIpc) is 3.91. The van der Waals surface area contributed by atoms with Gasteiger partial charge >= 0.3 is 0 Å². The van der Waals surface area contributed by atoms with Crippen molar-refractivity contribution in [1.82, 2.24) is 18.9 Å². The summed E-state index contributed by atoms with van der Waals surface area (Å²) in [5.74, 6) is -0.669. The Morgan fingerprint density at radius 2 is 0.917 bits per heavy atom. The van der Waals surface area contributed by atoms with Crippen molar-refractivity contribution >= 4 is 84.6 Å². The molecule has 2 aliphatic rings. The number of likely N-dealkylation sites (N-methyl/N-ethyl adjacent to an activating group) is 2. The van der Waals surface area contributed by atoms with Crippen molar-refractivity contribution in [2.45, 2.75) is 39.8 Å². The number of hydrogen-bond acceptors (Lipinski definition) is 3. The zero-order valence-electron chi connectivity index (χ0n) is 33.8. The van der Waals surface area contributed by atoms with E-state index in [1.165, 1.54) is 54.5 Å². The number of hydrogen-bond donors (Lipinski definition) is 0. The molecule has 7 heteroatoms. The third-order valence-electron chi connectivity index (χ3n) is 12.3. The summed E-state index contributed by atoms with van der Waals surface area (Å²) in [6.45, 7) is 5.97. The van der Waals surface area contributed by atoms with Gasteiger partial charge in [-0.1, -0.05) is 133 Å². The van der Waals surface area contributed by atoms with E-state index in [9.17, 15) is 9.59 Å². The van der Waals surface area contributed by atoms with Crippen LogP contribution in [0.3, 0.4) is 0 Å². The van der Waals surface area contributed by atoms with Crippen molar-refractivity contribution in [3.63, 3.8) is 0 Å². The number of carbonyl (C=O) groups is 2. The molecule has 3 heterocycles. The highest BCUT2D eigenvalue weighted by molar-refractivity contribution is 7.80. The maximum Gasteiger partial charge on any atom is 0.266 e. The lowest BCUT2D eigenvalue weighted by atomic mass is 9.95. The lowest BCUT2D eigenvalue weighted by Gasteiger charge is -2.36. The minimum Gasteiger partial charge on any atom is -0.336 e. The zero-order chi connectivity index (χ0) is 40.9. The van der Waals surface area contributed by atoms with Crippen LogP contribution in [0, 0.1) is 0 Å². The highest BCUT2D eigenvalue weighted by Gasteiger charge is 2.42. The van der Waals surface area contributed by atoms with Crippen molar-refractivity contribution in [2.24, 2.45) is 0 Å². The average molecular weight is 801 g/mol. The predicted molar refractivity (Wildman–Crippen MR) is 249 cm³/mol. The van der Waals surface area contributed by atoms with Crippen LogP contribution < -0.4 is 10.7 Å². The first-order chi connectivity index (χ1) is 29.4. The summed E-state index contributed by atoms with van der Waals surface area (Å²) in [7, 11) is 0. The molecular formula is C53H44N4O2S. The fourth-order valence-electron chi connectivity index (χ4n) is 9.49. The van der Waals surface area contributed by atoms with Crippen LogP contribution in [0.2, 0.25) is 0 Å². The lowest BCUT2D eigenvalue weighted by molar-refractivity contribution is -0.133. The third kappa shape index (κ3) is 6.20. The Hall–Kier alpha value is -6.83. The van der Waals surface area contributed by atoms with E-state index in [0.29, 0.717) is 44.6 Å². The number of carbonyl (C=O) groups excluding carboxylic acids is 2. The van der Waals surface area contributed by atoms with Gasteiger partial charge in [0.1, 0.15) is 5.57 Å². The molecule has 0 N–H and O–H groups in total. The second-order valence-electron chi connectivity index (χ2n) is 15.6. The topological polar surface area (TPSA) is 50.5 Å². The van der Waals surface area contributed by atoms with Crippen LogP contribution in [0.4, 0.5) is 0 Å². The lowest BCUT2D eigenvalue weighted by Crippen LogP contribution is -2.56. The Bertz CT molecular complexity index is 3020. The van der Waals surface area contributed by atoms with E-state index in [0.717, 1.165) is 21.8 Å². The molecule has 0 unspecified atom stereocenters. The van der Waals surface area contributed by atoms with Crippen LogP contribution in [0.15, 0.2) is 168 Å². The molecule has 0 bridgehead atoms. The van der Waals surface area contributed by atoms with Crippen LogP contribution in [0.25, 0.3) is 55.5 Å². The van der Waals surface area contributed by atoms with Gasteiger partial charge in [0.05, 0.1) is 11.0 Å². The molecule has 294 valence electrons. The minimum atomic E-state index is -0.335. The van der Waals surface area contributed by atoms with Gasteiger partial charge in [0.25, 0.3) is 11.8 Å². The first-order valence-electron chi connectivity index (χ1n) is 20.9. The quantitative estimate of drug-likeness (QED) is 0.0875. The standard InChI is InChI=1S/C53H44N4O2S/c1-3-54-51(58)50(52(59)55(4-2)53(54)60)47-39(29-31-43-41-23-11-19-37-21-13-25-45(48(37)41)56(43)33-35-15-7-5-8-16-35)27-28-40(47)30-32-44-42-24-12-20-38-22-14-26-46(49(38)42)57(44)34-36-17-9-6-10-18-36/h5-26,29-32H,3-4,27-28,33-34H2,1-2H3/b39-29-,40-30-,43-31-,44-32-. The summed E-state index contributed by atoms with van der Waals surface area (Å²) in [6.07, 6.45) is 10.1. The van der Waals surface area contributed by atoms with Crippen molar-refractivity contribution in [3.05, 3.63) is 190 Å². The molecule has 6 aromatic carbocycles. The molecule has 6 nitrogen and oxygen atoms in total. The maximum absolute atomic E-state index is 14.5. The Labute approximate surface area is 354 Å². The second-order valence-corrected chi connectivity index (χ2v) is 16.0. The minimum absolute atomic E-state index is 0.190. The number of rotatable bonds is 8. The first-order valence-corrected chi connectivity index (χ1v) is 21.3. The van der Waals surface area contributed by atoms with Crippen molar-refractivity contribution in [1.29, 1.82) is 0 Å². The molecular weight excluding hydrogens is 757 g/mol. The van der Waals surface area contributed by atoms with E-state index >= 15 is 0 Å².